The van der Waals surface area contributed by atoms with Gasteiger partial charge < -0.3 is 0 Å². The lowest BCUT2D eigenvalue weighted by molar-refractivity contribution is 0.492. The maximum Gasteiger partial charge on any atom is 0.205 e. The monoisotopic (exact) mass is 286 g/mol. The predicted molar refractivity (Wildman–Crippen MR) is 71.0 cm³/mol. The van der Waals surface area contributed by atoms with Crippen molar-refractivity contribution >= 4 is 21.6 Å². The van der Waals surface area contributed by atoms with E-state index in [1.807, 2.05) is 6.19 Å². The van der Waals surface area contributed by atoms with Crippen molar-refractivity contribution in [3.8, 4) is 6.19 Å². The van der Waals surface area contributed by atoms with Gasteiger partial charge in [0.05, 0.1) is 5.71 Å². The molecule has 0 unspecified atom stereocenters. The van der Waals surface area contributed by atoms with Gasteiger partial charge in [-0.05, 0) is 30.5 Å². The third-order valence-corrected chi connectivity index (χ3v) is 4.23. The van der Waals surface area contributed by atoms with E-state index < -0.39 is 0 Å². The molecular weight excluding hydrogens is 276 g/mol. The topological polar surface area (TPSA) is 36.1 Å². The van der Waals surface area contributed by atoms with Crippen molar-refractivity contribution in [3.63, 3.8) is 0 Å². The number of hydrogen-bond donors (Lipinski definition) is 0. The molecule has 3 rings (SSSR count). The zero-order chi connectivity index (χ0) is 11.9. The van der Waals surface area contributed by atoms with Gasteiger partial charge in [-0.3, -0.25) is 0 Å². The summed E-state index contributed by atoms with van der Waals surface area (Å²) >= 11 is 3.49. The van der Waals surface area contributed by atoms with Crippen LogP contribution in [0.2, 0.25) is 0 Å². The number of fused-ring (bicyclic) bond motifs is 2. The van der Waals surface area contributed by atoms with Gasteiger partial charge in [-0.2, -0.15) is 10.3 Å². The Morgan fingerprint density at radius 1 is 1.29 bits per heavy atom. The van der Waals surface area contributed by atoms with Crippen LogP contribution in [0, 0.1) is 11.5 Å². The third-order valence-electron chi connectivity index (χ3n) is 3.74. The van der Waals surface area contributed by atoms with Crippen LogP contribution >= 0.6 is 15.9 Å². The van der Waals surface area contributed by atoms with Gasteiger partial charge in [0.15, 0.2) is 0 Å². The second kappa shape index (κ2) is 3.82. The number of nitrogens with zero attached hydrogens (tertiary/aromatic N) is 2. The van der Waals surface area contributed by atoms with Crippen LogP contribution in [0.3, 0.4) is 0 Å². The van der Waals surface area contributed by atoms with Crippen LogP contribution in [0.25, 0.3) is 0 Å². The number of hydrogen-bond acceptors (Lipinski definition) is 2. The van der Waals surface area contributed by atoms with E-state index in [1.54, 1.807) is 0 Å². The highest BCUT2D eigenvalue weighted by atomic mass is 79.9. The van der Waals surface area contributed by atoms with Gasteiger partial charge in [0.1, 0.15) is 0 Å². The highest BCUT2D eigenvalue weighted by Crippen LogP contribution is 2.48. The summed E-state index contributed by atoms with van der Waals surface area (Å²) in [6, 6.07) is 6.33. The van der Waals surface area contributed by atoms with E-state index in [0.717, 1.165) is 35.0 Å². The van der Waals surface area contributed by atoms with Gasteiger partial charge >= 0.3 is 0 Å². The highest BCUT2D eigenvalue weighted by Gasteiger charge is 2.42. The molecule has 0 fully saturated rings. The standard InChI is InChI=1S/C14H11BrN2/c15-10-3-4-12-11(7-10)13(17-9-16)8-14(12)5-1-2-6-14/h1-4,7H,5-6,8H2/b17-13+. The van der Waals surface area contributed by atoms with Crippen LogP contribution < -0.4 is 0 Å². The molecule has 1 aromatic carbocycles. The zero-order valence-corrected chi connectivity index (χ0v) is 10.9. The van der Waals surface area contributed by atoms with Gasteiger partial charge in [0.2, 0.25) is 6.19 Å². The van der Waals surface area contributed by atoms with Crippen molar-refractivity contribution < 1.29 is 0 Å². The molecule has 0 aromatic heterocycles. The summed E-state index contributed by atoms with van der Waals surface area (Å²) in [5.41, 5.74) is 3.60. The van der Waals surface area contributed by atoms with E-state index in [1.165, 1.54) is 5.56 Å². The molecule has 2 aliphatic rings. The Hall–Kier alpha value is -1.40. The molecule has 0 N–H and O–H groups in total. The number of benzene rings is 1. The zero-order valence-electron chi connectivity index (χ0n) is 9.28. The van der Waals surface area contributed by atoms with Crippen LogP contribution in [-0.4, -0.2) is 5.71 Å². The van der Waals surface area contributed by atoms with E-state index in [-0.39, 0.29) is 5.41 Å². The maximum atomic E-state index is 8.79. The minimum atomic E-state index is 0.172. The van der Waals surface area contributed by atoms with Gasteiger partial charge in [0.25, 0.3) is 0 Å². The molecule has 0 bridgehead atoms. The Kier molecular flexibility index (Phi) is 2.41. The van der Waals surface area contributed by atoms with Gasteiger partial charge in [-0.15, -0.1) is 0 Å². The lowest BCUT2D eigenvalue weighted by atomic mass is 9.80. The number of allylic oxidation sites excluding steroid dienone is 2. The van der Waals surface area contributed by atoms with E-state index in [9.17, 15) is 0 Å². The fourth-order valence-electron chi connectivity index (χ4n) is 2.95. The van der Waals surface area contributed by atoms with E-state index in [2.05, 4.69) is 51.3 Å². The third kappa shape index (κ3) is 1.56. The molecule has 84 valence electrons. The van der Waals surface area contributed by atoms with E-state index in [4.69, 9.17) is 5.26 Å². The van der Waals surface area contributed by atoms with Crippen molar-refractivity contribution in [1.82, 2.24) is 0 Å². The van der Waals surface area contributed by atoms with Gasteiger partial charge in [-0.1, -0.05) is 34.1 Å². The summed E-state index contributed by atoms with van der Waals surface area (Å²) in [6.45, 7) is 0. The molecule has 0 radical (unpaired) electrons. The van der Waals surface area contributed by atoms with Crippen molar-refractivity contribution in [2.45, 2.75) is 24.7 Å². The quantitative estimate of drug-likeness (QED) is 0.529. The molecule has 1 spiro atoms. The maximum absolute atomic E-state index is 8.79. The highest BCUT2D eigenvalue weighted by molar-refractivity contribution is 9.10. The second-order valence-corrected chi connectivity index (χ2v) is 5.60. The summed E-state index contributed by atoms with van der Waals surface area (Å²) in [5.74, 6) is 0. The summed E-state index contributed by atoms with van der Waals surface area (Å²) in [5, 5.41) is 8.79. The molecule has 0 saturated heterocycles. The van der Waals surface area contributed by atoms with Gasteiger partial charge in [-0.25, -0.2) is 0 Å². The molecule has 2 nitrogen and oxygen atoms in total. The van der Waals surface area contributed by atoms with Crippen LogP contribution in [0.4, 0.5) is 0 Å². The molecule has 17 heavy (non-hydrogen) atoms. The fourth-order valence-corrected chi connectivity index (χ4v) is 3.32. The summed E-state index contributed by atoms with van der Waals surface area (Å²) in [4.78, 5) is 4.00. The Bertz CT molecular complexity index is 570. The molecular formula is C14H11BrN2. The molecule has 0 atom stereocenters. The Morgan fingerprint density at radius 3 is 2.76 bits per heavy atom. The first-order chi connectivity index (χ1) is 8.25. The Labute approximate surface area is 109 Å². The van der Waals surface area contributed by atoms with Crippen LogP contribution in [0.1, 0.15) is 30.4 Å². The predicted octanol–water partition coefficient (Wildman–Crippen LogP) is 3.71. The average molecular weight is 287 g/mol. The number of aliphatic imine (C=N–C) groups is 1. The molecule has 3 heteroatoms. The minimum absolute atomic E-state index is 0.172. The smallest absolute Gasteiger partial charge is 0.178 e. The van der Waals surface area contributed by atoms with Gasteiger partial charge in [0, 0.05) is 21.9 Å². The van der Waals surface area contributed by atoms with Crippen molar-refractivity contribution in [3.05, 3.63) is 46.0 Å². The van der Waals surface area contributed by atoms with E-state index in [0.29, 0.717) is 0 Å². The normalized spacial score (nSPS) is 22.0. The van der Waals surface area contributed by atoms with Crippen LogP contribution in [0.15, 0.2) is 39.8 Å². The largest absolute Gasteiger partial charge is 0.205 e. The SMILES string of the molecule is N#C/N=C1\CC2(CC=CC2)c2ccc(Br)cc21. The summed E-state index contributed by atoms with van der Waals surface area (Å²) < 4.78 is 1.05. The first-order valence-electron chi connectivity index (χ1n) is 5.66. The minimum Gasteiger partial charge on any atom is -0.178 e. The summed E-state index contributed by atoms with van der Waals surface area (Å²) in [7, 11) is 0. The van der Waals surface area contributed by atoms with Crippen molar-refractivity contribution in [1.29, 1.82) is 5.26 Å². The molecule has 2 aliphatic carbocycles. The number of rotatable bonds is 0. The molecule has 0 heterocycles. The molecule has 1 aromatic rings. The first kappa shape index (κ1) is 10.7. The molecule has 0 aliphatic heterocycles. The van der Waals surface area contributed by atoms with E-state index >= 15 is 0 Å². The molecule has 0 saturated carbocycles. The summed E-state index contributed by atoms with van der Waals surface area (Å²) in [6.07, 6.45) is 9.41. The van der Waals surface area contributed by atoms with Crippen LogP contribution in [-0.2, 0) is 5.41 Å². The second-order valence-electron chi connectivity index (χ2n) is 4.69. The average Bonchev–Trinajstić information content (AvgIpc) is 2.88. The first-order valence-corrected chi connectivity index (χ1v) is 6.45. The molecule has 0 amide bonds. The Morgan fingerprint density at radius 2 is 2.06 bits per heavy atom. The van der Waals surface area contributed by atoms with Crippen LogP contribution in [0.5, 0.6) is 0 Å². The van der Waals surface area contributed by atoms with Crippen molar-refractivity contribution in [2.24, 2.45) is 4.99 Å². The Balaban J connectivity index is 2.18. The number of nitriles is 1. The van der Waals surface area contributed by atoms with Crippen molar-refractivity contribution in [2.75, 3.05) is 0 Å². The lowest BCUT2D eigenvalue weighted by Crippen LogP contribution is -2.18. The lowest BCUT2D eigenvalue weighted by Gasteiger charge is -2.23. The fraction of sp³-hybridized carbons (Fsp3) is 0.286. The number of halogens is 1.